The van der Waals surface area contributed by atoms with Crippen LogP contribution in [0.15, 0.2) is 84.2 Å². The Morgan fingerprint density at radius 2 is 1.60 bits per heavy atom. The highest BCUT2D eigenvalue weighted by atomic mass is 16.5. The number of ether oxygens (including phenoxy) is 1. The molecule has 2 unspecified atom stereocenters. The molecule has 11 heteroatoms. The second-order valence-corrected chi connectivity index (χ2v) is 17.1. The van der Waals surface area contributed by atoms with Gasteiger partial charge in [0.2, 0.25) is 11.8 Å². The average Bonchev–Trinajstić information content (AvgIpc) is 4.10. The van der Waals surface area contributed by atoms with E-state index in [0.29, 0.717) is 30.8 Å². The lowest BCUT2D eigenvalue weighted by Crippen LogP contribution is -2.51. The molecule has 2 aromatic heterocycles. The molecule has 4 aromatic rings. The van der Waals surface area contributed by atoms with Gasteiger partial charge in [0.1, 0.15) is 11.9 Å². The molecule has 11 nitrogen and oxygen atoms in total. The molecule has 6 atom stereocenters. The lowest BCUT2D eigenvalue weighted by Gasteiger charge is -2.30. The highest BCUT2D eigenvalue weighted by molar-refractivity contribution is 6.02. The number of amides is 3. The SMILES string of the molecule is COC(=O)N[C@H](C(=O)N1CCC[C@H]1c1ncc(-c2ccc(-c3ccc(C4=CN=C([C@@H]5C6CCC(C6)[C@H]5C(=O)NCc5cccnc5C(C)C)C4)cc3)cc2)[nH]1)C(C)C. The number of nitrogens with one attached hydrogen (secondary N) is 3. The minimum absolute atomic E-state index is 0.0240. The number of hydrogen-bond donors (Lipinski definition) is 3. The number of imidazole rings is 1. The third kappa shape index (κ3) is 7.83. The van der Waals surface area contributed by atoms with Crippen LogP contribution in [-0.4, -0.2) is 63.2 Å². The summed E-state index contributed by atoms with van der Waals surface area (Å²) in [5, 5.41) is 6.01. The van der Waals surface area contributed by atoms with E-state index in [2.05, 4.69) is 89.0 Å². The Labute approximate surface area is 341 Å². The Morgan fingerprint density at radius 1 is 0.897 bits per heavy atom. The topological polar surface area (TPSA) is 142 Å². The molecule has 2 saturated carbocycles. The number of aromatic amines is 1. The molecule has 2 aliphatic carbocycles. The Hall–Kier alpha value is -5.58. The second-order valence-electron chi connectivity index (χ2n) is 17.1. The maximum Gasteiger partial charge on any atom is 0.407 e. The van der Waals surface area contributed by atoms with Gasteiger partial charge >= 0.3 is 6.09 Å². The Balaban J connectivity index is 0.887. The number of likely N-dealkylation sites (tertiary alicyclic amines) is 1. The number of fused-ring (bicyclic) bond motifs is 2. The van der Waals surface area contributed by atoms with Crippen molar-refractivity contribution >= 4 is 29.2 Å². The molecule has 2 bridgehead atoms. The van der Waals surface area contributed by atoms with Crippen LogP contribution in [0.1, 0.15) is 101 Å². The predicted molar refractivity (Wildman–Crippen MR) is 225 cm³/mol. The Bertz CT molecular complexity index is 2210. The zero-order valence-corrected chi connectivity index (χ0v) is 34.2. The molecular weight excluding hydrogens is 727 g/mol. The number of hydrogen-bond acceptors (Lipinski definition) is 7. The van der Waals surface area contributed by atoms with Crippen molar-refractivity contribution in [1.82, 2.24) is 30.5 Å². The summed E-state index contributed by atoms with van der Waals surface area (Å²) in [7, 11) is 1.30. The van der Waals surface area contributed by atoms with Gasteiger partial charge in [0.15, 0.2) is 0 Å². The minimum Gasteiger partial charge on any atom is -0.453 e. The number of carbonyl (C=O) groups excluding carboxylic acids is 3. The number of H-pyrrole nitrogens is 1. The molecule has 3 fully saturated rings. The van der Waals surface area contributed by atoms with E-state index >= 15 is 0 Å². The van der Waals surface area contributed by atoms with Crippen molar-refractivity contribution in [3.63, 3.8) is 0 Å². The number of rotatable bonds is 12. The summed E-state index contributed by atoms with van der Waals surface area (Å²) in [5.74, 6) is 2.11. The average molecular weight is 782 g/mol. The lowest BCUT2D eigenvalue weighted by atomic mass is 9.75. The van der Waals surface area contributed by atoms with E-state index < -0.39 is 12.1 Å². The van der Waals surface area contributed by atoms with Crippen LogP contribution in [0.2, 0.25) is 0 Å². The summed E-state index contributed by atoms with van der Waals surface area (Å²) in [5.41, 5.74) is 9.79. The molecule has 58 heavy (non-hydrogen) atoms. The summed E-state index contributed by atoms with van der Waals surface area (Å²) in [6, 6.07) is 20.3. The van der Waals surface area contributed by atoms with Crippen molar-refractivity contribution in [1.29, 1.82) is 0 Å². The summed E-state index contributed by atoms with van der Waals surface area (Å²) >= 11 is 0. The van der Waals surface area contributed by atoms with Gasteiger partial charge in [-0.3, -0.25) is 19.6 Å². The van der Waals surface area contributed by atoms with E-state index in [-0.39, 0.29) is 35.6 Å². The number of nitrogens with zero attached hydrogens (tertiary/aromatic N) is 4. The molecule has 4 heterocycles. The Morgan fingerprint density at radius 3 is 2.31 bits per heavy atom. The standard InChI is InChI=1S/C47H55N7O4/c1-27(2)42-35(8-6-20-48-42)24-51-45(55)41-34-19-18-33(22-34)40(41)37-23-36(25-49-37)31-12-10-29(11-13-31)30-14-16-32(17-15-30)38-26-50-44(52-38)39-9-7-21-54(39)46(56)43(28(3)4)53-47(57)58-5/h6,8,10-17,20,25-28,33-34,39-41,43H,7,9,18-19,21-24H2,1-5H3,(H,50,52)(H,51,55)(H,53,57)/t33?,34?,39-,40-,41+,43-/m0/s1. The normalized spacial score (nSPS) is 22.9. The van der Waals surface area contributed by atoms with Gasteiger partial charge in [0, 0.05) is 55.1 Å². The van der Waals surface area contributed by atoms with Gasteiger partial charge in [-0.05, 0) is 95.2 Å². The van der Waals surface area contributed by atoms with Crippen LogP contribution in [0.25, 0.3) is 28.0 Å². The fourth-order valence-electron chi connectivity index (χ4n) is 9.96. The number of allylic oxidation sites excluding steroid dienone is 1. The van der Waals surface area contributed by atoms with E-state index in [0.717, 1.165) is 82.8 Å². The number of aromatic nitrogens is 3. The van der Waals surface area contributed by atoms with E-state index in [1.807, 2.05) is 43.4 Å². The summed E-state index contributed by atoms with van der Waals surface area (Å²) in [6.45, 7) is 9.23. The Kier molecular flexibility index (Phi) is 11.3. The maximum atomic E-state index is 13.8. The number of alkyl carbamates (subject to hydrolysis) is 1. The van der Waals surface area contributed by atoms with Gasteiger partial charge in [0.05, 0.1) is 25.0 Å². The lowest BCUT2D eigenvalue weighted by molar-refractivity contribution is -0.135. The van der Waals surface area contributed by atoms with Crippen molar-refractivity contribution in [3.8, 4) is 22.4 Å². The first-order valence-electron chi connectivity index (χ1n) is 21.0. The summed E-state index contributed by atoms with van der Waals surface area (Å²) in [4.78, 5) is 58.9. The highest BCUT2D eigenvalue weighted by Crippen LogP contribution is 2.54. The van der Waals surface area contributed by atoms with Crippen LogP contribution in [0.4, 0.5) is 4.79 Å². The molecule has 1 saturated heterocycles. The van der Waals surface area contributed by atoms with Gasteiger partial charge < -0.3 is 25.3 Å². The molecule has 2 aromatic carbocycles. The first kappa shape index (κ1) is 39.3. The van der Waals surface area contributed by atoms with Gasteiger partial charge in [-0.2, -0.15) is 0 Å². The molecule has 0 radical (unpaired) electrons. The number of methoxy groups -OCH3 is 1. The third-order valence-corrected chi connectivity index (χ3v) is 12.9. The van der Waals surface area contributed by atoms with Crippen LogP contribution in [0.3, 0.4) is 0 Å². The second kappa shape index (κ2) is 16.7. The number of benzene rings is 2. The van der Waals surface area contributed by atoms with E-state index in [1.54, 1.807) is 0 Å². The van der Waals surface area contributed by atoms with Gasteiger partial charge in [-0.25, -0.2) is 9.78 Å². The molecule has 8 rings (SSSR count). The van der Waals surface area contributed by atoms with Gasteiger partial charge in [-0.15, -0.1) is 0 Å². The summed E-state index contributed by atoms with van der Waals surface area (Å²) < 4.78 is 4.77. The van der Waals surface area contributed by atoms with E-state index in [1.165, 1.54) is 19.1 Å². The molecular formula is C47H55N7O4. The van der Waals surface area contributed by atoms with Crippen molar-refractivity contribution in [2.75, 3.05) is 13.7 Å². The molecule has 3 amide bonds. The van der Waals surface area contributed by atoms with Gasteiger partial charge in [-0.1, -0.05) is 82.3 Å². The first-order valence-corrected chi connectivity index (χ1v) is 21.0. The third-order valence-electron chi connectivity index (χ3n) is 12.9. The molecule has 3 N–H and O–H groups in total. The van der Waals surface area contributed by atoms with Crippen molar-refractivity contribution in [2.45, 2.75) is 90.8 Å². The molecule has 4 aliphatic rings. The zero-order chi connectivity index (χ0) is 40.5. The largest absolute Gasteiger partial charge is 0.453 e. The van der Waals surface area contributed by atoms with Crippen molar-refractivity contribution < 1.29 is 19.1 Å². The van der Waals surface area contributed by atoms with E-state index in [4.69, 9.17) is 14.7 Å². The van der Waals surface area contributed by atoms with E-state index in [9.17, 15) is 14.4 Å². The number of pyridine rings is 1. The van der Waals surface area contributed by atoms with Crippen LogP contribution < -0.4 is 10.6 Å². The number of aliphatic imine (C=N–C) groups is 1. The summed E-state index contributed by atoms with van der Waals surface area (Å²) in [6.07, 6.45) is 10.9. The van der Waals surface area contributed by atoms with Crippen molar-refractivity contribution in [2.24, 2.45) is 34.6 Å². The smallest absolute Gasteiger partial charge is 0.407 e. The van der Waals surface area contributed by atoms with Crippen LogP contribution >= 0.6 is 0 Å². The van der Waals surface area contributed by atoms with Crippen LogP contribution in [-0.2, 0) is 20.9 Å². The zero-order valence-electron chi connectivity index (χ0n) is 34.2. The monoisotopic (exact) mass is 781 g/mol. The van der Waals surface area contributed by atoms with Crippen molar-refractivity contribution in [3.05, 3.63) is 102 Å². The van der Waals surface area contributed by atoms with Crippen LogP contribution in [0.5, 0.6) is 0 Å². The molecule has 0 spiro atoms. The molecule has 302 valence electrons. The maximum absolute atomic E-state index is 13.8. The first-order chi connectivity index (χ1) is 28.1. The molecule has 2 aliphatic heterocycles. The predicted octanol–water partition coefficient (Wildman–Crippen LogP) is 8.47. The number of carbonyl (C=O) groups is 3. The van der Waals surface area contributed by atoms with Gasteiger partial charge in [0.25, 0.3) is 0 Å². The van der Waals surface area contributed by atoms with Crippen LogP contribution in [0, 0.1) is 29.6 Å². The fraction of sp³-hybridized carbons (Fsp3) is 0.447. The highest BCUT2D eigenvalue weighted by Gasteiger charge is 2.52. The minimum atomic E-state index is -0.674. The fourth-order valence-corrected chi connectivity index (χ4v) is 9.96. The quantitative estimate of drug-likeness (QED) is 0.132.